The molecule has 0 saturated heterocycles. The first kappa shape index (κ1) is 11.5. The van der Waals surface area contributed by atoms with Crippen LogP contribution in [0.3, 0.4) is 0 Å². The molecule has 0 aliphatic carbocycles. The molecule has 0 spiro atoms. The molecule has 4 N–H and O–H groups in total. The molecule has 15 heavy (non-hydrogen) atoms. The Bertz CT molecular complexity index is 347. The van der Waals surface area contributed by atoms with E-state index in [2.05, 4.69) is 0 Å². The predicted octanol–water partition coefficient (Wildman–Crippen LogP) is 0.733. The van der Waals surface area contributed by atoms with Gasteiger partial charge in [-0.05, 0) is 24.1 Å². The van der Waals surface area contributed by atoms with Gasteiger partial charge in [-0.1, -0.05) is 0 Å². The maximum atomic E-state index is 12.8. The molecule has 1 aromatic carbocycles. The predicted molar refractivity (Wildman–Crippen MR) is 51.9 cm³/mol. The molecular weight excluding hydrogens is 201 g/mol. The summed E-state index contributed by atoms with van der Waals surface area (Å²) in [4.78, 5) is 10.7. The van der Waals surface area contributed by atoms with E-state index in [4.69, 9.17) is 15.9 Å². The largest absolute Gasteiger partial charge is 0.508 e. The van der Waals surface area contributed by atoms with Gasteiger partial charge in [0, 0.05) is 12.6 Å². The van der Waals surface area contributed by atoms with Crippen LogP contribution in [-0.4, -0.2) is 22.7 Å². The van der Waals surface area contributed by atoms with Gasteiger partial charge in [-0.15, -0.1) is 0 Å². The molecule has 0 amide bonds. The van der Waals surface area contributed by atoms with Crippen molar-refractivity contribution in [1.82, 2.24) is 0 Å². The minimum Gasteiger partial charge on any atom is -0.508 e. The standard InChI is InChI=1S/C10H12FNO3/c11-8-2-6(3-9(13)4-8)1-7(5-12)10(14)15/h2-4,7,13H,1,5,12H2,(H,14,15). The Hall–Kier alpha value is -1.62. The molecule has 0 fully saturated rings. The van der Waals surface area contributed by atoms with E-state index in [-0.39, 0.29) is 18.7 Å². The van der Waals surface area contributed by atoms with Crippen molar-refractivity contribution in [2.45, 2.75) is 6.42 Å². The number of carboxylic acids is 1. The van der Waals surface area contributed by atoms with Gasteiger partial charge in [-0.25, -0.2) is 4.39 Å². The van der Waals surface area contributed by atoms with Crippen molar-refractivity contribution < 1.29 is 19.4 Å². The highest BCUT2D eigenvalue weighted by molar-refractivity contribution is 5.70. The third-order valence-corrected chi connectivity index (χ3v) is 2.06. The van der Waals surface area contributed by atoms with Crippen molar-refractivity contribution in [2.75, 3.05) is 6.54 Å². The molecule has 1 aromatic rings. The van der Waals surface area contributed by atoms with Crippen molar-refractivity contribution >= 4 is 5.97 Å². The van der Waals surface area contributed by atoms with Crippen LogP contribution in [0.1, 0.15) is 5.56 Å². The van der Waals surface area contributed by atoms with Gasteiger partial charge in [0.25, 0.3) is 0 Å². The molecule has 0 aliphatic rings. The summed E-state index contributed by atoms with van der Waals surface area (Å²) in [6, 6.07) is 3.47. The Morgan fingerprint density at radius 2 is 2.13 bits per heavy atom. The minimum atomic E-state index is -1.03. The van der Waals surface area contributed by atoms with Crippen LogP contribution in [0, 0.1) is 11.7 Å². The second kappa shape index (κ2) is 4.75. The second-order valence-corrected chi connectivity index (χ2v) is 3.29. The van der Waals surface area contributed by atoms with Gasteiger partial charge in [0.05, 0.1) is 5.92 Å². The van der Waals surface area contributed by atoms with Crippen LogP contribution >= 0.6 is 0 Å². The SMILES string of the molecule is NCC(Cc1cc(O)cc(F)c1)C(=O)O. The fourth-order valence-electron chi connectivity index (χ4n) is 1.31. The number of benzene rings is 1. The fourth-order valence-corrected chi connectivity index (χ4v) is 1.31. The maximum absolute atomic E-state index is 12.8. The third kappa shape index (κ3) is 3.21. The van der Waals surface area contributed by atoms with E-state index >= 15 is 0 Å². The summed E-state index contributed by atoms with van der Waals surface area (Å²) >= 11 is 0. The van der Waals surface area contributed by atoms with Crippen LogP contribution < -0.4 is 5.73 Å². The highest BCUT2D eigenvalue weighted by Gasteiger charge is 2.16. The van der Waals surface area contributed by atoms with Crippen LogP contribution in [0.4, 0.5) is 4.39 Å². The molecule has 0 radical (unpaired) electrons. The van der Waals surface area contributed by atoms with Crippen molar-refractivity contribution in [3.8, 4) is 5.75 Å². The van der Waals surface area contributed by atoms with Gasteiger partial charge in [-0.3, -0.25) is 4.79 Å². The monoisotopic (exact) mass is 213 g/mol. The van der Waals surface area contributed by atoms with Crippen LogP contribution in [-0.2, 0) is 11.2 Å². The van der Waals surface area contributed by atoms with E-state index in [0.717, 1.165) is 6.07 Å². The first-order chi connectivity index (χ1) is 7.02. The highest BCUT2D eigenvalue weighted by Crippen LogP contribution is 2.17. The Balaban J connectivity index is 2.83. The number of phenolic OH excluding ortho intramolecular Hbond substituents is 1. The molecule has 0 aliphatic heterocycles. The lowest BCUT2D eigenvalue weighted by Gasteiger charge is -2.09. The van der Waals surface area contributed by atoms with Crippen LogP contribution in [0.25, 0.3) is 0 Å². The van der Waals surface area contributed by atoms with E-state index in [0.29, 0.717) is 5.56 Å². The highest BCUT2D eigenvalue weighted by atomic mass is 19.1. The molecule has 4 nitrogen and oxygen atoms in total. The van der Waals surface area contributed by atoms with Crippen LogP contribution in [0.15, 0.2) is 18.2 Å². The topological polar surface area (TPSA) is 83.5 Å². The number of carbonyl (C=O) groups is 1. The number of nitrogens with two attached hydrogens (primary N) is 1. The average Bonchev–Trinajstić information content (AvgIpc) is 2.12. The molecular formula is C10H12FNO3. The molecule has 1 rings (SSSR count). The van der Waals surface area contributed by atoms with Crippen molar-refractivity contribution in [3.05, 3.63) is 29.6 Å². The first-order valence-corrected chi connectivity index (χ1v) is 4.44. The third-order valence-electron chi connectivity index (χ3n) is 2.06. The van der Waals surface area contributed by atoms with Gasteiger partial charge < -0.3 is 15.9 Å². The number of aliphatic carboxylic acids is 1. The van der Waals surface area contributed by atoms with Gasteiger partial charge in [0.2, 0.25) is 0 Å². The number of aromatic hydroxyl groups is 1. The molecule has 5 heteroatoms. The zero-order chi connectivity index (χ0) is 11.4. The lowest BCUT2D eigenvalue weighted by Crippen LogP contribution is -2.25. The van der Waals surface area contributed by atoms with E-state index < -0.39 is 17.7 Å². The minimum absolute atomic E-state index is 0.0212. The van der Waals surface area contributed by atoms with Gasteiger partial charge in [0.15, 0.2) is 0 Å². The van der Waals surface area contributed by atoms with Crippen molar-refractivity contribution in [3.63, 3.8) is 0 Å². The number of phenols is 1. The summed E-state index contributed by atoms with van der Waals surface area (Å²) in [5, 5.41) is 17.8. The fraction of sp³-hybridized carbons (Fsp3) is 0.300. The summed E-state index contributed by atoms with van der Waals surface area (Å²) < 4.78 is 12.8. The number of hydrogen-bond acceptors (Lipinski definition) is 3. The number of rotatable bonds is 4. The van der Waals surface area contributed by atoms with E-state index in [1.54, 1.807) is 0 Å². The summed E-state index contributed by atoms with van der Waals surface area (Å²) in [6.07, 6.45) is 0.108. The summed E-state index contributed by atoms with van der Waals surface area (Å²) in [5.74, 6) is -2.59. The molecule has 0 saturated carbocycles. The molecule has 0 aromatic heterocycles. The summed E-state index contributed by atoms with van der Waals surface area (Å²) in [7, 11) is 0. The van der Waals surface area contributed by atoms with Gasteiger partial charge in [-0.2, -0.15) is 0 Å². The van der Waals surface area contributed by atoms with Crippen molar-refractivity contribution in [1.29, 1.82) is 0 Å². The van der Waals surface area contributed by atoms with Crippen LogP contribution in [0.2, 0.25) is 0 Å². The Kier molecular flexibility index (Phi) is 3.62. The number of halogens is 1. The number of hydrogen-bond donors (Lipinski definition) is 3. The zero-order valence-electron chi connectivity index (χ0n) is 7.98. The smallest absolute Gasteiger partial charge is 0.308 e. The normalized spacial score (nSPS) is 12.4. The molecule has 1 unspecified atom stereocenters. The molecule has 0 bridgehead atoms. The summed E-state index contributed by atoms with van der Waals surface area (Å²) in [6.45, 7) is -0.0212. The summed E-state index contributed by atoms with van der Waals surface area (Å²) in [5.41, 5.74) is 5.68. The van der Waals surface area contributed by atoms with Gasteiger partial charge >= 0.3 is 5.97 Å². The Labute approximate surface area is 86.1 Å². The first-order valence-electron chi connectivity index (χ1n) is 4.44. The Morgan fingerprint density at radius 1 is 1.47 bits per heavy atom. The molecule has 0 heterocycles. The second-order valence-electron chi connectivity index (χ2n) is 3.29. The van der Waals surface area contributed by atoms with Crippen molar-refractivity contribution in [2.24, 2.45) is 11.7 Å². The van der Waals surface area contributed by atoms with E-state index in [1.165, 1.54) is 12.1 Å². The lowest BCUT2D eigenvalue weighted by molar-refractivity contribution is -0.141. The molecule has 1 atom stereocenters. The number of carboxylic acid groups (broad SMARTS) is 1. The van der Waals surface area contributed by atoms with Gasteiger partial charge in [0.1, 0.15) is 11.6 Å². The quantitative estimate of drug-likeness (QED) is 0.688. The maximum Gasteiger partial charge on any atom is 0.308 e. The average molecular weight is 213 g/mol. The molecule has 82 valence electrons. The Morgan fingerprint density at radius 3 is 2.60 bits per heavy atom. The zero-order valence-corrected chi connectivity index (χ0v) is 7.98. The van der Waals surface area contributed by atoms with E-state index in [9.17, 15) is 9.18 Å². The van der Waals surface area contributed by atoms with E-state index in [1.807, 2.05) is 0 Å². The lowest BCUT2D eigenvalue weighted by atomic mass is 9.99. The van der Waals surface area contributed by atoms with Crippen LogP contribution in [0.5, 0.6) is 5.75 Å².